The van der Waals surface area contributed by atoms with Gasteiger partial charge in [-0.2, -0.15) is 4.99 Å². The summed E-state index contributed by atoms with van der Waals surface area (Å²) in [6, 6.07) is 7.31. The van der Waals surface area contributed by atoms with Crippen molar-refractivity contribution in [2.45, 2.75) is 18.7 Å². The molecule has 0 saturated heterocycles. The monoisotopic (exact) mass is 350 g/mol. The molecule has 0 N–H and O–H groups in total. The fourth-order valence-electron chi connectivity index (χ4n) is 1.92. The minimum Gasteiger partial charge on any atom is -0.462 e. The van der Waals surface area contributed by atoms with Crippen LogP contribution in [-0.4, -0.2) is 29.3 Å². The van der Waals surface area contributed by atoms with Crippen molar-refractivity contribution in [2.24, 2.45) is 12.0 Å². The van der Waals surface area contributed by atoms with E-state index in [4.69, 9.17) is 4.74 Å². The van der Waals surface area contributed by atoms with Gasteiger partial charge in [-0.3, -0.25) is 4.79 Å². The average Bonchev–Trinajstić information content (AvgIpc) is 2.83. The summed E-state index contributed by atoms with van der Waals surface area (Å²) in [4.78, 5) is 30.4. The van der Waals surface area contributed by atoms with Gasteiger partial charge < -0.3 is 9.30 Å². The number of hydrogen-bond acceptors (Lipinski definition) is 5. The zero-order valence-electron chi connectivity index (χ0n) is 13.5. The second-order valence-electron chi connectivity index (χ2n) is 4.73. The molecule has 122 valence electrons. The second-order valence-corrected chi connectivity index (χ2v) is 6.58. The molecule has 1 aromatic heterocycles. The summed E-state index contributed by atoms with van der Waals surface area (Å²) in [5.74, 6) is -0.711. The van der Waals surface area contributed by atoms with E-state index in [9.17, 15) is 9.59 Å². The number of rotatable bonds is 4. The minimum atomic E-state index is -0.385. The lowest BCUT2D eigenvalue weighted by Crippen LogP contribution is -2.14. The first-order chi connectivity index (χ1) is 11.0. The zero-order valence-corrected chi connectivity index (χ0v) is 15.1. The van der Waals surface area contributed by atoms with Gasteiger partial charge in [0.25, 0.3) is 5.91 Å². The first kappa shape index (κ1) is 17.5. The van der Waals surface area contributed by atoms with E-state index < -0.39 is 0 Å². The number of ether oxygens (including phenoxy) is 1. The Bertz CT molecular complexity index is 806. The maximum absolute atomic E-state index is 12.4. The molecule has 0 atom stereocenters. The Morgan fingerprint density at radius 3 is 2.78 bits per heavy atom. The Morgan fingerprint density at radius 2 is 2.13 bits per heavy atom. The Hall–Kier alpha value is -1.86. The molecule has 0 saturated carbocycles. The molecular formula is C16H18N2O3S2. The van der Waals surface area contributed by atoms with Crippen molar-refractivity contribution < 1.29 is 14.3 Å². The molecule has 1 aromatic carbocycles. The summed E-state index contributed by atoms with van der Waals surface area (Å²) in [7, 11) is 1.78. The van der Waals surface area contributed by atoms with Crippen LogP contribution in [0, 0.1) is 6.92 Å². The Kier molecular flexibility index (Phi) is 5.79. The lowest BCUT2D eigenvalue weighted by molar-refractivity contribution is 0.0530. The summed E-state index contributed by atoms with van der Waals surface area (Å²) >= 11 is 2.73. The molecule has 7 heteroatoms. The summed E-state index contributed by atoms with van der Waals surface area (Å²) in [6.45, 7) is 3.88. The van der Waals surface area contributed by atoms with Crippen LogP contribution in [0.4, 0.5) is 0 Å². The SMILES string of the molecule is CCOC(=O)c1sc(=NC(=O)c2cccc(SC)c2)n(C)c1C. The van der Waals surface area contributed by atoms with Gasteiger partial charge in [0.05, 0.1) is 6.61 Å². The number of hydrogen-bond donors (Lipinski definition) is 0. The fraction of sp³-hybridized carbons (Fsp3) is 0.312. The smallest absolute Gasteiger partial charge is 0.350 e. The van der Waals surface area contributed by atoms with Crippen LogP contribution in [0.15, 0.2) is 34.2 Å². The van der Waals surface area contributed by atoms with Crippen molar-refractivity contribution in [3.05, 3.63) is 45.2 Å². The van der Waals surface area contributed by atoms with Gasteiger partial charge in [0.2, 0.25) is 0 Å². The van der Waals surface area contributed by atoms with Gasteiger partial charge in [-0.15, -0.1) is 11.8 Å². The third-order valence-corrected chi connectivity index (χ3v) is 5.23. The van der Waals surface area contributed by atoms with Crippen LogP contribution in [-0.2, 0) is 11.8 Å². The third-order valence-electron chi connectivity index (χ3n) is 3.29. The molecule has 1 amide bonds. The van der Waals surface area contributed by atoms with E-state index in [1.807, 2.05) is 24.5 Å². The molecule has 2 aromatic rings. The molecule has 0 bridgehead atoms. The molecule has 0 fully saturated rings. The number of aromatic nitrogens is 1. The number of thiazole rings is 1. The topological polar surface area (TPSA) is 60.7 Å². The van der Waals surface area contributed by atoms with Crippen molar-refractivity contribution >= 4 is 35.0 Å². The van der Waals surface area contributed by atoms with Gasteiger partial charge in [0, 0.05) is 23.2 Å². The standard InChI is InChI=1S/C16H18N2O3S2/c1-5-21-15(20)13-10(2)18(3)16(23-13)17-14(19)11-7-6-8-12(9-11)22-4/h6-9H,5H2,1-4H3. The van der Waals surface area contributed by atoms with Crippen molar-refractivity contribution in [1.29, 1.82) is 0 Å². The number of carbonyl (C=O) groups is 2. The summed E-state index contributed by atoms with van der Waals surface area (Å²) in [5.41, 5.74) is 1.26. The predicted molar refractivity (Wildman–Crippen MR) is 92.1 cm³/mol. The molecule has 0 radical (unpaired) electrons. The van der Waals surface area contributed by atoms with Crippen molar-refractivity contribution in [3.63, 3.8) is 0 Å². The highest BCUT2D eigenvalue weighted by atomic mass is 32.2. The van der Waals surface area contributed by atoms with E-state index in [1.165, 1.54) is 0 Å². The zero-order chi connectivity index (χ0) is 17.0. The number of nitrogens with zero attached hydrogens (tertiary/aromatic N) is 2. The number of amides is 1. The van der Waals surface area contributed by atoms with Crippen LogP contribution in [0.5, 0.6) is 0 Å². The lowest BCUT2D eigenvalue weighted by atomic mass is 10.2. The van der Waals surface area contributed by atoms with E-state index in [1.54, 1.807) is 43.3 Å². The van der Waals surface area contributed by atoms with Crippen molar-refractivity contribution in [1.82, 2.24) is 4.57 Å². The number of esters is 1. The van der Waals surface area contributed by atoms with Gasteiger partial charge in [0.1, 0.15) is 4.88 Å². The molecule has 0 spiro atoms. The van der Waals surface area contributed by atoms with Gasteiger partial charge in [-0.05, 0) is 38.3 Å². The van der Waals surface area contributed by atoms with E-state index in [0.717, 1.165) is 21.9 Å². The highest BCUT2D eigenvalue weighted by Crippen LogP contribution is 2.17. The number of thioether (sulfide) groups is 1. The number of benzene rings is 1. The minimum absolute atomic E-state index is 0.312. The summed E-state index contributed by atoms with van der Waals surface area (Å²) in [6.07, 6.45) is 1.95. The van der Waals surface area contributed by atoms with E-state index >= 15 is 0 Å². The summed E-state index contributed by atoms with van der Waals surface area (Å²) < 4.78 is 6.76. The lowest BCUT2D eigenvalue weighted by Gasteiger charge is -2.00. The largest absolute Gasteiger partial charge is 0.462 e. The first-order valence-corrected chi connectivity index (χ1v) is 9.08. The second kappa shape index (κ2) is 7.61. The van der Waals surface area contributed by atoms with Crippen LogP contribution >= 0.6 is 23.1 Å². The van der Waals surface area contributed by atoms with Gasteiger partial charge in [0.15, 0.2) is 4.80 Å². The highest BCUT2D eigenvalue weighted by molar-refractivity contribution is 7.98. The molecule has 0 aliphatic carbocycles. The molecule has 1 heterocycles. The summed E-state index contributed by atoms with van der Waals surface area (Å²) in [5, 5.41) is 0. The van der Waals surface area contributed by atoms with Crippen LogP contribution in [0.3, 0.4) is 0 Å². The van der Waals surface area contributed by atoms with Crippen LogP contribution in [0.25, 0.3) is 0 Å². The third kappa shape index (κ3) is 3.92. The van der Waals surface area contributed by atoms with E-state index in [0.29, 0.717) is 21.8 Å². The normalized spacial score (nSPS) is 11.6. The molecule has 0 unspecified atom stereocenters. The van der Waals surface area contributed by atoms with Crippen LogP contribution in [0.1, 0.15) is 32.6 Å². The van der Waals surface area contributed by atoms with Crippen molar-refractivity contribution in [3.8, 4) is 0 Å². The first-order valence-electron chi connectivity index (χ1n) is 7.04. The Labute approximate surface area is 143 Å². The van der Waals surface area contributed by atoms with Gasteiger partial charge in [-0.25, -0.2) is 4.79 Å². The van der Waals surface area contributed by atoms with E-state index in [-0.39, 0.29) is 11.9 Å². The van der Waals surface area contributed by atoms with Gasteiger partial charge >= 0.3 is 5.97 Å². The van der Waals surface area contributed by atoms with Crippen LogP contribution < -0.4 is 4.80 Å². The molecule has 0 aliphatic heterocycles. The highest BCUT2D eigenvalue weighted by Gasteiger charge is 2.16. The Balaban J connectivity index is 2.41. The Morgan fingerprint density at radius 1 is 1.39 bits per heavy atom. The predicted octanol–water partition coefficient (Wildman–Crippen LogP) is 3.03. The molecular weight excluding hydrogens is 332 g/mol. The fourth-order valence-corrected chi connectivity index (χ4v) is 3.39. The molecule has 5 nitrogen and oxygen atoms in total. The van der Waals surface area contributed by atoms with Gasteiger partial charge in [-0.1, -0.05) is 17.4 Å². The number of carbonyl (C=O) groups excluding carboxylic acids is 2. The average molecular weight is 350 g/mol. The van der Waals surface area contributed by atoms with E-state index in [2.05, 4.69) is 4.99 Å². The molecule has 2 rings (SSSR count). The molecule has 0 aliphatic rings. The van der Waals surface area contributed by atoms with Crippen LogP contribution in [0.2, 0.25) is 0 Å². The van der Waals surface area contributed by atoms with Crippen molar-refractivity contribution in [2.75, 3.05) is 12.9 Å². The maximum Gasteiger partial charge on any atom is 0.350 e. The quantitative estimate of drug-likeness (QED) is 0.628. The maximum atomic E-state index is 12.4. The molecule has 23 heavy (non-hydrogen) atoms.